The minimum atomic E-state index is 0.594. The fourth-order valence-corrected chi connectivity index (χ4v) is 4.06. The molecule has 3 atom stereocenters. The van der Waals surface area contributed by atoms with E-state index in [0.717, 1.165) is 12.6 Å². The van der Waals surface area contributed by atoms with Crippen LogP contribution < -0.4 is 5.73 Å². The summed E-state index contributed by atoms with van der Waals surface area (Å²) < 4.78 is 0. The Labute approximate surface area is 116 Å². The molecule has 106 valence electrons. The summed E-state index contributed by atoms with van der Waals surface area (Å²) in [5.41, 5.74) is 6.01. The van der Waals surface area contributed by atoms with Crippen molar-refractivity contribution in [1.29, 1.82) is 0 Å². The Hall–Kier alpha value is 0.230. The Balaban J connectivity index is 1.94. The molecule has 0 aromatic rings. The third-order valence-electron chi connectivity index (χ3n) is 4.63. The third kappa shape index (κ3) is 3.41. The highest BCUT2D eigenvalue weighted by atomic mass is 32.2. The van der Waals surface area contributed by atoms with Crippen molar-refractivity contribution in [2.45, 2.75) is 50.7 Å². The maximum atomic E-state index is 6.01. The molecular weight excluding hydrogens is 242 g/mol. The maximum absolute atomic E-state index is 6.01. The van der Waals surface area contributed by atoms with Crippen LogP contribution in [0.25, 0.3) is 0 Å². The first-order chi connectivity index (χ1) is 8.76. The van der Waals surface area contributed by atoms with Crippen LogP contribution in [-0.4, -0.2) is 66.1 Å². The van der Waals surface area contributed by atoms with E-state index in [-0.39, 0.29) is 0 Å². The SMILES string of the molecule is CSCCC(CN)N1CC2CCCCN2CC1C. The smallest absolute Gasteiger partial charge is 0.0230 e. The average molecular weight is 271 g/mol. The highest BCUT2D eigenvalue weighted by Gasteiger charge is 2.35. The highest BCUT2D eigenvalue weighted by Crippen LogP contribution is 2.26. The lowest BCUT2D eigenvalue weighted by molar-refractivity contribution is -0.00647. The zero-order chi connectivity index (χ0) is 13.0. The van der Waals surface area contributed by atoms with E-state index in [1.807, 2.05) is 11.8 Å². The van der Waals surface area contributed by atoms with Crippen LogP contribution in [0.4, 0.5) is 0 Å². The second kappa shape index (κ2) is 7.13. The van der Waals surface area contributed by atoms with E-state index in [1.165, 1.54) is 51.1 Å². The van der Waals surface area contributed by atoms with E-state index in [0.29, 0.717) is 12.1 Å². The number of piperazine rings is 1. The molecule has 2 rings (SSSR count). The van der Waals surface area contributed by atoms with Crippen LogP contribution >= 0.6 is 11.8 Å². The molecule has 0 saturated carbocycles. The topological polar surface area (TPSA) is 32.5 Å². The first kappa shape index (κ1) is 14.6. The van der Waals surface area contributed by atoms with Gasteiger partial charge >= 0.3 is 0 Å². The van der Waals surface area contributed by atoms with Crippen molar-refractivity contribution in [2.75, 3.05) is 38.2 Å². The molecule has 2 saturated heterocycles. The van der Waals surface area contributed by atoms with Crippen molar-refractivity contribution in [3.8, 4) is 0 Å². The summed E-state index contributed by atoms with van der Waals surface area (Å²) in [5, 5.41) is 0. The minimum absolute atomic E-state index is 0.594. The normalized spacial score (nSPS) is 32.2. The summed E-state index contributed by atoms with van der Waals surface area (Å²) in [5.74, 6) is 1.24. The van der Waals surface area contributed by atoms with Gasteiger partial charge in [-0.25, -0.2) is 0 Å². The molecule has 2 aliphatic heterocycles. The Bertz CT molecular complexity index is 249. The molecule has 3 unspecified atom stereocenters. The van der Waals surface area contributed by atoms with Crippen LogP contribution in [0.5, 0.6) is 0 Å². The summed E-state index contributed by atoms with van der Waals surface area (Å²) in [6, 6.07) is 2.07. The van der Waals surface area contributed by atoms with Gasteiger partial charge in [0.15, 0.2) is 0 Å². The molecule has 4 heteroatoms. The van der Waals surface area contributed by atoms with E-state index < -0.39 is 0 Å². The van der Waals surface area contributed by atoms with Gasteiger partial charge in [0, 0.05) is 37.8 Å². The predicted molar refractivity (Wildman–Crippen MR) is 81.2 cm³/mol. The van der Waals surface area contributed by atoms with Gasteiger partial charge in [-0.05, 0) is 44.7 Å². The third-order valence-corrected chi connectivity index (χ3v) is 5.28. The molecule has 3 nitrogen and oxygen atoms in total. The molecule has 18 heavy (non-hydrogen) atoms. The lowest BCUT2D eigenvalue weighted by Crippen LogP contribution is -2.62. The quantitative estimate of drug-likeness (QED) is 0.824. The lowest BCUT2D eigenvalue weighted by atomic mass is 9.95. The van der Waals surface area contributed by atoms with Crippen molar-refractivity contribution in [3.63, 3.8) is 0 Å². The van der Waals surface area contributed by atoms with Gasteiger partial charge in [0.25, 0.3) is 0 Å². The number of thioether (sulfide) groups is 1. The Morgan fingerprint density at radius 3 is 2.89 bits per heavy atom. The Kier molecular flexibility index (Phi) is 5.80. The Morgan fingerprint density at radius 2 is 2.17 bits per heavy atom. The van der Waals surface area contributed by atoms with E-state index in [9.17, 15) is 0 Å². The van der Waals surface area contributed by atoms with Crippen LogP contribution in [0.1, 0.15) is 32.6 Å². The van der Waals surface area contributed by atoms with Crippen LogP contribution in [0.3, 0.4) is 0 Å². The van der Waals surface area contributed by atoms with Crippen molar-refractivity contribution < 1.29 is 0 Å². The van der Waals surface area contributed by atoms with Crippen molar-refractivity contribution in [2.24, 2.45) is 5.73 Å². The molecule has 2 aliphatic rings. The van der Waals surface area contributed by atoms with Crippen LogP contribution in [-0.2, 0) is 0 Å². The van der Waals surface area contributed by atoms with Gasteiger partial charge in [-0.15, -0.1) is 0 Å². The summed E-state index contributed by atoms with van der Waals surface area (Å²) in [6.07, 6.45) is 7.64. The summed E-state index contributed by atoms with van der Waals surface area (Å²) in [7, 11) is 0. The highest BCUT2D eigenvalue weighted by molar-refractivity contribution is 7.98. The fraction of sp³-hybridized carbons (Fsp3) is 1.00. The van der Waals surface area contributed by atoms with Gasteiger partial charge in [-0.2, -0.15) is 11.8 Å². The molecule has 0 aliphatic carbocycles. The monoisotopic (exact) mass is 271 g/mol. The van der Waals surface area contributed by atoms with Gasteiger partial charge in [0.2, 0.25) is 0 Å². The second-order valence-electron chi connectivity index (χ2n) is 5.86. The van der Waals surface area contributed by atoms with Gasteiger partial charge < -0.3 is 5.73 Å². The fourth-order valence-electron chi connectivity index (χ4n) is 3.56. The van der Waals surface area contributed by atoms with Crippen LogP contribution in [0.2, 0.25) is 0 Å². The lowest BCUT2D eigenvalue weighted by Gasteiger charge is -2.50. The van der Waals surface area contributed by atoms with Gasteiger partial charge in [0.1, 0.15) is 0 Å². The molecule has 2 fully saturated rings. The number of rotatable bonds is 5. The van der Waals surface area contributed by atoms with E-state index in [2.05, 4.69) is 23.0 Å². The first-order valence-corrected chi connectivity index (χ1v) is 8.84. The maximum Gasteiger partial charge on any atom is 0.0230 e. The van der Waals surface area contributed by atoms with Crippen molar-refractivity contribution in [3.05, 3.63) is 0 Å². The molecule has 0 radical (unpaired) electrons. The molecule has 2 N–H and O–H groups in total. The largest absolute Gasteiger partial charge is 0.329 e. The van der Waals surface area contributed by atoms with Gasteiger partial charge in [0.05, 0.1) is 0 Å². The average Bonchev–Trinajstić information content (AvgIpc) is 2.40. The van der Waals surface area contributed by atoms with Crippen molar-refractivity contribution >= 4 is 11.8 Å². The molecule has 0 aromatic heterocycles. The van der Waals surface area contributed by atoms with Crippen molar-refractivity contribution in [1.82, 2.24) is 9.80 Å². The number of hydrogen-bond acceptors (Lipinski definition) is 4. The zero-order valence-corrected chi connectivity index (χ0v) is 12.8. The van der Waals surface area contributed by atoms with Crippen LogP contribution in [0, 0.1) is 0 Å². The number of fused-ring (bicyclic) bond motifs is 1. The van der Waals surface area contributed by atoms with E-state index in [4.69, 9.17) is 5.73 Å². The molecule has 0 bridgehead atoms. The molecule has 0 amide bonds. The predicted octanol–water partition coefficient (Wildman–Crippen LogP) is 1.63. The number of piperidine rings is 1. The zero-order valence-electron chi connectivity index (χ0n) is 12.0. The molecule has 2 heterocycles. The van der Waals surface area contributed by atoms with Gasteiger partial charge in [-0.3, -0.25) is 9.80 Å². The molecular formula is C14H29N3S. The molecule has 0 aromatic carbocycles. The van der Waals surface area contributed by atoms with E-state index in [1.54, 1.807) is 0 Å². The standard InChI is InChI=1S/C14H29N3S/c1-12-10-16-7-4-3-5-14(16)11-17(12)13(9-15)6-8-18-2/h12-14H,3-11,15H2,1-2H3. The number of hydrogen-bond donors (Lipinski definition) is 1. The summed E-state index contributed by atoms with van der Waals surface area (Å²) in [6.45, 7) is 7.02. The first-order valence-electron chi connectivity index (χ1n) is 7.45. The second-order valence-corrected chi connectivity index (χ2v) is 6.85. The minimum Gasteiger partial charge on any atom is -0.329 e. The Morgan fingerprint density at radius 1 is 1.33 bits per heavy atom. The van der Waals surface area contributed by atoms with E-state index >= 15 is 0 Å². The number of nitrogens with zero attached hydrogens (tertiary/aromatic N) is 2. The van der Waals surface area contributed by atoms with Gasteiger partial charge in [-0.1, -0.05) is 6.42 Å². The molecule has 0 spiro atoms. The number of nitrogens with two attached hydrogens (primary N) is 1. The van der Waals surface area contributed by atoms with Crippen LogP contribution in [0.15, 0.2) is 0 Å². The summed E-state index contributed by atoms with van der Waals surface area (Å²) in [4.78, 5) is 5.41. The summed E-state index contributed by atoms with van der Waals surface area (Å²) >= 11 is 1.94.